The summed E-state index contributed by atoms with van der Waals surface area (Å²) in [6.07, 6.45) is 3.64. The standard InChI is InChI=1S/C17H25N3/c1-2-10-20-11-8-17(9-12-20)19-14-16(13-18)15-6-4-3-5-7-15/h3-7,16-17,19H,2,8-12,14H2,1H3. The fourth-order valence-corrected chi connectivity index (χ4v) is 2.88. The Morgan fingerprint density at radius 2 is 2.00 bits per heavy atom. The molecule has 2 rings (SSSR count). The van der Waals surface area contributed by atoms with Crippen LogP contribution in [-0.2, 0) is 0 Å². The molecule has 1 N–H and O–H groups in total. The highest BCUT2D eigenvalue weighted by Crippen LogP contribution is 2.15. The fourth-order valence-electron chi connectivity index (χ4n) is 2.88. The highest BCUT2D eigenvalue weighted by Gasteiger charge is 2.19. The molecule has 1 unspecified atom stereocenters. The van der Waals surface area contributed by atoms with Gasteiger partial charge in [-0.15, -0.1) is 0 Å². The van der Waals surface area contributed by atoms with Gasteiger partial charge in [0.1, 0.15) is 0 Å². The lowest BCUT2D eigenvalue weighted by atomic mass is 9.99. The molecular weight excluding hydrogens is 246 g/mol. The Kier molecular flexibility index (Phi) is 6.04. The summed E-state index contributed by atoms with van der Waals surface area (Å²) >= 11 is 0. The van der Waals surface area contributed by atoms with Crippen molar-refractivity contribution in [2.24, 2.45) is 0 Å². The zero-order chi connectivity index (χ0) is 14.2. The molecule has 1 aromatic carbocycles. The first-order chi connectivity index (χ1) is 9.83. The quantitative estimate of drug-likeness (QED) is 0.864. The topological polar surface area (TPSA) is 39.1 Å². The van der Waals surface area contributed by atoms with Gasteiger partial charge in [-0.05, 0) is 44.5 Å². The Morgan fingerprint density at radius 3 is 2.60 bits per heavy atom. The Morgan fingerprint density at radius 1 is 1.30 bits per heavy atom. The van der Waals surface area contributed by atoms with Gasteiger partial charge in [0.15, 0.2) is 0 Å². The number of hydrogen-bond donors (Lipinski definition) is 1. The number of nitrogens with zero attached hydrogens (tertiary/aromatic N) is 2. The van der Waals surface area contributed by atoms with Crippen LogP contribution in [0.25, 0.3) is 0 Å². The van der Waals surface area contributed by atoms with Gasteiger partial charge < -0.3 is 10.2 Å². The van der Waals surface area contributed by atoms with E-state index in [1.54, 1.807) is 0 Å². The average molecular weight is 271 g/mol. The minimum atomic E-state index is -0.0372. The van der Waals surface area contributed by atoms with Crippen molar-refractivity contribution in [3.8, 4) is 6.07 Å². The maximum atomic E-state index is 9.32. The molecule has 108 valence electrons. The summed E-state index contributed by atoms with van der Waals surface area (Å²) in [5.74, 6) is -0.0372. The molecule has 1 aliphatic rings. The summed E-state index contributed by atoms with van der Waals surface area (Å²) in [7, 11) is 0. The summed E-state index contributed by atoms with van der Waals surface area (Å²) in [6, 6.07) is 13.1. The first-order valence-corrected chi connectivity index (χ1v) is 7.73. The molecule has 0 aromatic heterocycles. The van der Waals surface area contributed by atoms with Crippen LogP contribution in [0.3, 0.4) is 0 Å². The number of piperidine rings is 1. The lowest BCUT2D eigenvalue weighted by Gasteiger charge is -2.32. The van der Waals surface area contributed by atoms with E-state index in [0.717, 1.165) is 12.1 Å². The van der Waals surface area contributed by atoms with Gasteiger partial charge >= 0.3 is 0 Å². The van der Waals surface area contributed by atoms with E-state index in [2.05, 4.69) is 23.2 Å². The monoisotopic (exact) mass is 271 g/mol. The highest BCUT2D eigenvalue weighted by molar-refractivity contribution is 5.25. The third-order valence-corrected chi connectivity index (χ3v) is 4.10. The van der Waals surface area contributed by atoms with E-state index in [-0.39, 0.29) is 5.92 Å². The molecule has 0 spiro atoms. The molecule has 0 amide bonds. The van der Waals surface area contributed by atoms with E-state index in [4.69, 9.17) is 0 Å². The van der Waals surface area contributed by atoms with Crippen LogP contribution in [0, 0.1) is 11.3 Å². The minimum absolute atomic E-state index is 0.0372. The number of rotatable bonds is 6. The molecule has 3 heteroatoms. The lowest BCUT2D eigenvalue weighted by molar-refractivity contribution is 0.198. The van der Waals surface area contributed by atoms with Crippen molar-refractivity contribution in [1.82, 2.24) is 10.2 Å². The average Bonchev–Trinajstić information content (AvgIpc) is 2.51. The maximum absolute atomic E-state index is 9.32. The van der Waals surface area contributed by atoms with E-state index in [0.29, 0.717) is 6.04 Å². The van der Waals surface area contributed by atoms with Crippen LogP contribution in [0.1, 0.15) is 37.7 Å². The molecule has 0 saturated carbocycles. The summed E-state index contributed by atoms with van der Waals surface area (Å²) in [5, 5.41) is 12.9. The molecule has 20 heavy (non-hydrogen) atoms. The van der Waals surface area contributed by atoms with Gasteiger partial charge in [0, 0.05) is 12.6 Å². The summed E-state index contributed by atoms with van der Waals surface area (Å²) in [4.78, 5) is 2.54. The number of likely N-dealkylation sites (tertiary alicyclic amines) is 1. The van der Waals surface area contributed by atoms with E-state index >= 15 is 0 Å². The van der Waals surface area contributed by atoms with Gasteiger partial charge in [-0.3, -0.25) is 0 Å². The van der Waals surface area contributed by atoms with Gasteiger partial charge in [0.05, 0.1) is 12.0 Å². The second kappa shape index (κ2) is 8.04. The van der Waals surface area contributed by atoms with Crippen molar-refractivity contribution in [3.05, 3.63) is 35.9 Å². The third-order valence-electron chi connectivity index (χ3n) is 4.10. The Hall–Kier alpha value is -1.37. The van der Waals surface area contributed by atoms with Crippen molar-refractivity contribution >= 4 is 0 Å². The number of nitrogens with one attached hydrogen (secondary N) is 1. The molecular formula is C17H25N3. The zero-order valence-corrected chi connectivity index (χ0v) is 12.4. The minimum Gasteiger partial charge on any atom is -0.312 e. The van der Waals surface area contributed by atoms with Crippen LogP contribution in [0.15, 0.2) is 30.3 Å². The Bertz CT molecular complexity index is 416. The molecule has 0 radical (unpaired) electrons. The Labute approximate surface area is 122 Å². The predicted octanol–water partition coefficient (Wildman–Crippen LogP) is 2.76. The molecule has 0 aliphatic carbocycles. The van der Waals surface area contributed by atoms with Crippen molar-refractivity contribution in [2.45, 2.75) is 38.1 Å². The number of hydrogen-bond acceptors (Lipinski definition) is 3. The third kappa shape index (κ3) is 4.33. The van der Waals surface area contributed by atoms with Crippen molar-refractivity contribution in [1.29, 1.82) is 5.26 Å². The molecule has 3 nitrogen and oxygen atoms in total. The van der Waals surface area contributed by atoms with E-state index in [1.165, 1.54) is 38.9 Å². The van der Waals surface area contributed by atoms with Gasteiger partial charge in [-0.25, -0.2) is 0 Å². The predicted molar refractivity (Wildman–Crippen MR) is 82.6 cm³/mol. The van der Waals surface area contributed by atoms with E-state index < -0.39 is 0 Å². The number of benzene rings is 1. The van der Waals surface area contributed by atoms with Crippen LogP contribution >= 0.6 is 0 Å². The van der Waals surface area contributed by atoms with Gasteiger partial charge in [0.25, 0.3) is 0 Å². The van der Waals surface area contributed by atoms with Crippen molar-refractivity contribution in [2.75, 3.05) is 26.2 Å². The molecule has 1 saturated heterocycles. The smallest absolute Gasteiger partial charge is 0.0837 e. The molecule has 1 aliphatic heterocycles. The van der Waals surface area contributed by atoms with Gasteiger partial charge in [-0.1, -0.05) is 37.3 Å². The second-order valence-corrected chi connectivity index (χ2v) is 5.62. The number of nitriles is 1. The van der Waals surface area contributed by atoms with Crippen LogP contribution < -0.4 is 5.32 Å². The lowest BCUT2D eigenvalue weighted by Crippen LogP contribution is -2.43. The summed E-state index contributed by atoms with van der Waals surface area (Å²) < 4.78 is 0. The molecule has 1 atom stereocenters. The van der Waals surface area contributed by atoms with Crippen LogP contribution in [0.5, 0.6) is 0 Å². The van der Waals surface area contributed by atoms with Gasteiger partial charge in [0.2, 0.25) is 0 Å². The van der Waals surface area contributed by atoms with Crippen molar-refractivity contribution < 1.29 is 0 Å². The normalized spacial score (nSPS) is 18.6. The van der Waals surface area contributed by atoms with Crippen LogP contribution in [-0.4, -0.2) is 37.1 Å². The maximum Gasteiger partial charge on any atom is 0.0837 e. The van der Waals surface area contributed by atoms with E-state index in [1.807, 2.05) is 30.3 Å². The van der Waals surface area contributed by atoms with Gasteiger partial charge in [-0.2, -0.15) is 5.26 Å². The summed E-state index contributed by atoms with van der Waals surface area (Å²) in [5.41, 5.74) is 1.12. The van der Waals surface area contributed by atoms with Crippen molar-refractivity contribution in [3.63, 3.8) is 0 Å². The molecule has 1 fully saturated rings. The first kappa shape index (κ1) is 15.0. The highest BCUT2D eigenvalue weighted by atomic mass is 15.1. The largest absolute Gasteiger partial charge is 0.312 e. The molecule has 1 heterocycles. The van der Waals surface area contributed by atoms with Crippen LogP contribution in [0.4, 0.5) is 0 Å². The Balaban J connectivity index is 1.76. The fraction of sp³-hybridized carbons (Fsp3) is 0.588. The van der Waals surface area contributed by atoms with E-state index in [9.17, 15) is 5.26 Å². The molecule has 1 aromatic rings. The first-order valence-electron chi connectivity index (χ1n) is 7.73. The second-order valence-electron chi connectivity index (χ2n) is 5.62. The van der Waals surface area contributed by atoms with Crippen LogP contribution in [0.2, 0.25) is 0 Å². The SMILES string of the molecule is CCCN1CCC(NCC(C#N)c2ccccc2)CC1. The summed E-state index contributed by atoms with van der Waals surface area (Å²) in [6.45, 7) is 6.60. The molecule has 0 bridgehead atoms. The zero-order valence-electron chi connectivity index (χ0n) is 12.4.